The third-order valence-electron chi connectivity index (χ3n) is 1.45. The van der Waals surface area contributed by atoms with Crippen LogP contribution in [0.15, 0.2) is 17.4 Å². The van der Waals surface area contributed by atoms with Gasteiger partial charge in [-0.15, -0.1) is 0 Å². The minimum atomic E-state index is -2.72. The van der Waals surface area contributed by atoms with Crippen molar-refractivity contribution in [2.75, 3.05) is 6.26 Å². The molecule has 1 heterocycles. The lowest BCUT2D eigenvalue weighted by Crippen LogP contribution is -2.01. The highest BCUT2D eigenvalue weighted by Gasteiger charge is 2.07. The van der Waals surface area contributed by atoms with Crippen molar-refractivity contribution in [3.63, 3.8) is 0 Å². The summed E-state index contributed by atoms with van der Waals surface area (Å²) in [4.78, 5) is 8.02. The predicted octanol–water partition coefficient (Wildman–Crippen LogP) is 2.01. The first kappa shape index (κ1) is 10.8. The molecule has 2 unspecified atom stereocenters. The Labute approximate surface area is 91.3 Å². The number of rotatable bonds is 2. The van der Waals surface area contributed by atoms with Gasteiger partial charge in [0.1, 0.15) is 0 Å². The van der Waals surface area contributed by atoms with E-state index in [1.54, 1.807) is 6.20 Å². The third-order valence-corrected chi connectivity index (χ3v) is 3.10. The Hall–Kier alpha value is -0.240. The number of halogens is 1. The van der Waals surface area contributed by atoms with Gasteiger partial charge in [-0.3, -0.25) is 4.98 Å². The molecule has 72 valence electrons. The van der Waals surface area contributed by atoms with Crippen molar-refractivity contribution in [2.45, 2.75) is 15.9 Å². The number of hydrogen-bond donors (Lipinski definition) is 1. The summed E-state index contributed by atoms with van der Waals surface area (Å²) < 4.78 is 18.8. The highest BCUT2D eigenvalue weighted by molar-refractivity contribution is 14.1. The van der Waals surface area contributed by atoms with E-state index in [0.29, 0.717) is 0 Å². The molecule has 6 heteroatoms. The van der Waals surface area contributed by atoms with Gasteiger partial charge in [0, 0.05) is 6.26 Å². The molecule has 0 radical (unpaired) electrons. The van der Waals surface area contributed by atoms with E-state index in [1.165, 1.54) is 12.5 Å². The van der Waals surface area contributed by atoms with Crippen molar-refractivity contribution in [3.05, 3.63) is 18.1 Å². The summed E-state index contributed by atoms with van der Waals surface area (Å²) in [5.41, 5.74) is 0.841. The molecule has 0 bridgehead atoms. The fourth-order valence-electron chi connectivity index (χ4n) is 0.733. The lowest BCUT2D eigenvalue weighted by atomic mass is 10.4. The van der Waals surface area contributed by atoms with Crippen LogP contribution in [0.4, 0.5) is 0 Å². The molecule has 0 aliphatic carbocycles. The molecule has 0 aliphatic heterocycles. The van der Waals surface area contributed by atoms with E-state index in [9.17, 15) is 4.21 Å². The lowest BCUT2D eigenvalue weighted by Gasteiger charge is -2.03. The topological polar surface area (TPSA) is 66.7 Å². The monoisotopic (exact) mass is 311 g/mol. The van der Waals surface area contributed by atoms with Crippen LogP contribution in [-0.4, -0.2) is 20.4 Å². The van der Waals surface area contributed by atoms with Gasteiger partial charge in [0.05, 0.1) is 31.7 Å². The molecule has 1 N–H and O–H groups in total. The molecule has 0 aromatic carbocycles. The molecular formula is C7H10IN3OS. The van der Waals surface area contributed by atoms with E-state index in [2.05, 4.69) is 32.6 Å². The van der Waals surface area contributed by atoms with Crippen molar-refractivity contribution in [1.82, 2.24) is 9.97 Å². The molecule has 0 aliphatic rings. The minimum absolute atomic E-state index is 0.244. The third kappa shape index (κ3) is 2.87. The summed E-state index contributed by atoms with van der Waals surface area (Å²) in [5, 5.41) is 0.244. The van der Waals surface area contributed by atoms with Crippen LogP contribution >= 0.6 is 22.6 Å². The van der Waals surface area contributed by atoms with E-state index in [0.717, 1.165) is 5.69 Å². The Morgan fingerprint density at radius 2 is 2.15 bits per heavy atom. The van der Waals surface area contributed by atoms with Gasteiger partial charge in [0.15, 0.2) is 5.03 Å². The van der Waals surface area contributed by atoms with Crippen LogP contribution in [0.5, 0.6) is 0 Å². The predicted molar refractivity (Wildman–Crippen MR) is 59.5 cm³/mol. The molecule has 0 saturated carbocycles. The maximum absolute atomic E-state index is 11.2. The van der Waals surface area contributed by atoms with E-state index >= 15 is 0 Å². The zero-order valence-electron chi connectivity index (χ0n) is 7.32. The van der Waals surface area contributed by atoms with Gasteiger partial charge < -0.3 is 0 Å². The largest absolute Gasteiger partial charge is 0.256 e. The zero-order valence-corrected chi connectivity index (χ0v) is 10.3. The molecule has 0 saturated heterocycles. The van der Waals surface area contributed by atoms with Crippen molar-refractivity contribution in [3.8, 4) is 0 Å². The van der Waals surface area contributed by atoms with Crippen LogP contribution in [0.2, 0.25) is 0 Å². The Balaban J connectivity index is 3.08. The summed E-state index contributed by atoms with van der Waals surface area (Å²) in [7, 11) is -2.72. The van der Waals surface area contributed by atoms with Crippen molar-refractivity contribution in [1.29, 1.82) is 4.78 Å². The Morgan fingerprint density at radius 3 is 2.46 bits per heavy atom. The number of hydrogen-bond acceptors (Lipinski definition) is 4. The molecule has 1 aromatic heterocycles. The summed E-state index contributed by atoms with van der Waals surface area (Å²) in [6.45, 7) is 1.99. The zero-order chi connectivity index (χ0) is 10.1. The average molecular weight is 311 g/mol. The molecule has 1 rings (SSSR count). The number of nitrogens with zero attached hydrogens (tertiary/aromatic N) is 2. The molecule has 0 fully saturated rings. The van der Waals surface area contributed by atoms with Crippen molar-refractivity contribution in [2.24, 2.45) is 0 Å². The highest BCUT2D eigenvalue weighted by Crippen LogP contribution is 2.19. The smallest absolute Gasteiger partial charge is 0.153 e. The van der Waals surface area contributed by atoms with E-state index < -0.39 is 9.73 Å². The fourth-order valence-corrected chi connectivity index (χ4v) is 1.56. The van der Waals surface area contributed by atoms with Crippen LogP contribution in [0.3, 0.4) is 0 Å². The van der Waals surface area contributed by atoms with Crippen LogP contribution < -0.4 is 0 Å². The van der Waals surface area contributed by atoms with E-state index in [4.69, 9.17) is 4.78 Å². The van der Waals surface area contributed by atoms with Crippen LogP contribution in [0.25, 0.3) is 0 Å². The Bertz CT molecular complexity index is 385. The molecule has 2 atom stereocenters. The molecule has 0 spiro atoms. The maximum Gasteiger partial charge on any atom is 0.153 e. The highest BCUT2D eigenvalue weighted by atomic mass is 127. The first-order valence-electron chi connectivity index (χ1n) is 3.61. The lowest BCUT2D eigenvalue weighted by molar-refractivity contribution is 0.675. The Kier molecular flexibility index (Phi) is 3.23. The SMILES string of the molecule is CC(I)c1cnc(S(C)(=N)=O)cn1. The normalized spacial score (nSPS) is 17.8. The first-order valence-corrected chi connectivity index (χ1v) is 6.82. The molecular weight excluding hydrogens is 301 g/mol. The van der Waals surface area contributed by atoms with Gasteiger partial charge in [-0.1, -0.05) is 22.6 Å². The molecule has 4 nitrogen and oxygen atoms in total. The van der Waals surface area contributed by atoms with Gasteiger partial charge in [-0.25, -0.2) is 14.0 Å². The van der Waals surface area contributed by atoms with E-state index in [1.807, 2.05) is 6.92 Å². The van der Waals surface area contributed by atoms with Crippen molar-refractivity contribution < 1.29 is 4.21 Å². The second-order valence-electron chi connectivity index (χ2n) is 2.74. The summed E-state index contributed by atoms with van der Waals surface area (Å²) >= 11 is 2.22. The quantitative estimate of drug-likeness (QED) is 0.671. The van der Waals surface area contributed by atoms with Crippen molar-refractivity contribution >= 4 is 32.3 Å². The van der Waals surface area contributed by atoms with Gasteiger partial charge in [0.25, 0.3) is 0 Å². The average Bonchev–Trinajstić information content (AvgIpc) is 2.03. The van der Waals surface area contributed by atoms with E-state index in [-0.39, 0.29) is 8.95 Å². The van der Waals surface area contributed by atoms with Gasteiger partial charge in [-0.05, 0) is 6.92 Å². The van der Waals surface area contributed by atoms with Gasteiger partial charge >= 0.3 is 0 Å². The van der Waals surface area contributed by atoms with Crippen LogP contribution in [0, 0.1) is 4.78 Å². The van der Waals surface area contributed by atoms with Gasteiger partial charge in [-0.2, -0.15) is 0 Å². The molecule has 1 aromatic rings. The standard InChI is InChI=1S/C7H10IN3OS/c1-5(8)6-3-11-7(4-10-6)13(2,9)12/h3-5,9H,1-2H3. The summed E-state index contributed by atoms with van der Waals surface area (Å²) in [6, 6.07) is 0. The summed E-state index contributed by atoms with van der Waals surface area (Å²) in [5.74, 6) is 0. The number of nitrogens with one attached hydrogen (secondary N) is 1. The Morgan fingerprint density at radius 1 is 1.54 bits per heavy atom. The molecule has 13 heavy (non-hydrogen) atoms. The summed E-state index contributed by atoms with van der Waals surface area (Å²) in [6.07, 6.45) is 4.33. The number of aromatic nitrogens is 2. The first-order chi connectivity index (χ1) is 5.91. The van der Waals surface area contributed by atoms with Gasteiger partial charge in [0.2, 0.25) is 0 Å². The second kappa shape index (κ2) is 3.87. The molecule has 0 amide bonds. The maximum atomic E-state index is 11.2. The minimum Gasteiger partial charge on any atom is -0.256 e. The van der Waals surface area contributed by atoms with Crippen LogP contribution in [-0.2, 0) is 9.73 Å². The number of alkyl halides is 1. The fraction of sp³-hybridized carbons (Fsp3) is 0.429. The second-order valence-corrected chi connectivity index (χ2v) is 6.71. The van der Waals surface area contributed by atoms with Crippen LogP contribution in [0.1, 0.15) is 16.5 Å².